The van der Waals surface area contributed by atoms with Crippen molar-refractivity contribution in [1.82, 2.24) is 20.4 Å². The average molecular weight is 455 g/mol. The Hall–Kier alpha value is -0.120. The number of halogens is 1. The lowest BCUT2D eigenvalue weighted by Crippen LogP contribution is -2.52. The van der Waals surface area contributed by atoms with E-state index < -0.39 is 0 Å². The van der Waals surface area contributed by atoms with Crippen LogP contribution in [0.5, 0.6) is 0 Å². The van der Waals surface area contributed by atoms with E-state index in [9.17, 15) is 0 Å². The number of nitrogens with one attached hydrogen (secondary N) is 2. The van der Waals surface area contributed by atoms with Gasteiger partial charge in [-0.25, -0.2) is 0 Å². The minimum absolute atomic E-state index is 0. The highest BCUT2D eigenvalue weighted by Gasteiger charge is 2.24. The topological polar surface area (TPSA) is 52.1 Å². The van der Waals surface area contributed by atoms with Crippen LogP contribution < -0.4 is 10.6 Å². The summed E-state index contributed by atoms with van der Waals surface area (Å²) in [5.74, 6) is 1.53. The Morgan fingerprint density at radius 1 is 1.17 bits per heavy atom. The number of aliphatic imine (C=N–C) groups is 1. The van der Waals surface area contributed by atoms with Crippen LogP contribution >= 0.6 is 24.0 Å². The first kappa shape index (κ1) is 23.9. The molecule has 2 N–H and O–H groups in total. The minimum Gasteiger partial charge on any atom is -0.385 e. The summed E-state index contributed by atoms with van der Waals surface area (Å²) < 4.78 is 5.09. The molecule has 0 aromatic heterocycles. The van der Waals surface area contributed by atoms with E-state index in [1.807, 2.05) is 0 Å². The number of likely N-dealkylation sites (N-methyl/N-ethyl adjacent to an activating group) is 1. The molecule has 1 atom stereocenters. The summed E-state index contributed by atoms with van der Waals surface area (Å²) >= 11 is 0. The number of piperazine rings is 1. The van der Waals surface area contributed by atoms with Crippen molar-refractivity contribution in [3.8, 4) is 0 Å². The third kappa shape index (κ3) is 9.39. The molecule has 0 aliphatic carbocycles. The standard InChI is InChI=1S/C17H37N5O.HI/c1-6-18-17(19-8-7-13-23-5)20-14-16(15(2)3)22-11-9-21(4)10-12-22;/h15-16H,6-14H2,1-5H3,(H2,18,19,20);1H. The van der Waals surface area contributed by atoms with E-state index in [0.717, 1.165) is 64.8 Å². The fourth-order valence-corrected chi connectivity index (χ4v) is 2.85. The van der Waals surface area contributed by atoms with Crippen molar-refractivity contribution in [3.63, 3.8) is 0 Å². The zero-order valence-electron chi connectivity index (χ0n) is 16.2. The predicted octanol–water partition coefficient (Wildman–Crippen LogP) is 1.47. The molecule has 1 aliphatic heterocycles. The van der Waals surface area contributed by atoms with Crippen molar-refractivity contribution in [2.45, 2.75) is 33.2 Å². The maximum atomic E-state index is 5.09. The molecule has 0 amide bonds. The van der Waals surface area contributed by atoms with Gasteiger partial charge >= 0.3 is 0 Å². The molecule has 0 saturated carbocycles. The van der Waals surface area contributed by atoms with Crippen LogP contribution in [0.25, 0.3) is 0 Å². The Bertz CT molecular complexity index is 333. The lowest BCUT2D eigenvalue weighted by Gasteiger charge is -2.39. The summed E-state index contributed by atoms with van der Waals surface area (Å²) in [6, 6.07) is 0.512. The monoisotopic (exact) mass is 455 g/mol. The number of hydrogen-bond acceptors (Lipinski definition) is 4. The molecule has 144 valence electrons. The number of ether oxygens (including phenoxy) is 1. The molecule has 24 heavy (non-hydrogen) atoms. The normalized spacial score (nSPS) is 18.3. The van der Waals surface area contributed by atoms with Crippen molar-refractivity contribution in [1.29, 1.82) is 0 Å². The van der Waals surface area contributed by atoms with Gasteiger partial charge in [-0.3, -0.25) is 9.89 Å². The van der Waals surface area contributed by atoms with E-state index in [-0.39, 0.29) is 24.0 Å². The van der Waals surface area contributed by atoms with Crippen molar-refractivity contribution in [2.75, 3.05) is 66.6 Å². The zero-order valence-corrected chi connectivity index (χ0v) is 18.5. The molecule has 0 spiro atoms. The van der Waals surface area contributed by atoms with E-state index in [4.69, 9.17) is 9.73 Å². The molecule has 6 nitrogen and oxygen atoms in total. The second-order valence-electron chi connectivity index (χ2n) is 6.64. The van der Waals surface area contributed by atoms with Crippen molar-refractivity contribution >= 4 is 29.9 Å². The number of rotatable bonds is 9. The van der Waals surface area contributed by atoms with Crippen LogP contribution in [0.2, 0.25) is 0 Å². The summed E-state index contributed by atoms with van der Waals surface area (Å²) in [5, 5.41) is 6.73. The van der Waals surface area contributed by atoms with Gasteiger partial charge in [0.2, 0.25) is 0 Å². The second-order valence-corrected chi connectivity index (χ2v) is 6.64. The smallest absolute Gasteiger partial charge is 0.191 e. The van der Waals surface area contributed by atoms with Crippen LogP contribution in [0.1, 0.15) is 27.2 Å². The first-order valence-electron chi connectivity index (χ1n) is 9.02. The van der Waals surface area contributed by atoms with Gasteiger partial charge in [-0.05, 0) is 26.3 Å². The Morgan fingerprint density at radius 2 is 1.83 bits per heavy atom. The van der Waals surface area contributed by atoms with Crippen LogP contribution in [-0.4, -0.2) is 88.4 Å². The number of hydrogen-bond donors (Lipinski definition) is 2. The maximum Gasteiger partial charge on any atom is 0.191 e. The Balaban J connectivity index is 0.00000529. The maximum absolute atomic E-state index is 5.09. The molecular weight excluding hydrogens is 417 g/mol. The number of methoxy groups -OCH3 is 1. The van der Waals surface area contributed by atoms with Gasteiger partial charge < -0.3 is 20.3 Å². The molecule has 0 radical (unpaired) electrons. The highest BCUT2D eigenvalue weighted by atomic mass is 127. The lowest BCUT2D eigenvalue weighted by molar-refractivity contribution is 0.0925. The van der Waals surface area contributed by atoms with Gasteiger partial charge in [0.25, 0.3) is 0 Å². The number of guanidine groups is 1. The van der Waals surface area contributed by atoms with Crippen LogP contribution in [0.15, 0.2) is 4.99 Å². The molecule has 0 bridgehead atoms. The Kier molecular flexibility index (Phi) is 14.0. The summed E-state index contributed by atoms with van der Waals surface area (Å²) in [6.07, 6.45) is 0.993. The van der Waals surface area contributed by atoms with Gasteiger partial charge in [-0.15, -0.1) is 24.0 Å². The van der Waals surface area contributed by atoms with Gasteiger partial charge in [0.1, 0.15) is 0 Å². The zero-order chi connectivity index (χ0) is 17.1. The van der Waals surface area contributed by atoms with Gasteiger partial charge in [0.05, 0.1) is 6.54 Å². The molecule has 1 rings (SSSR count). The van der Waals surface area contributed by atoms with E-state index in [2.05, 4.69) is 48.3 Å². The van der Waals surface area contributed by atoms with Crippen molar-refractivity contribution in [3.05, 3.63) is 0 Å². The highest BCUT2D eigenvalue weighted by molar-refractivity contribution is 14.0. The predicted molar refractivity (Wildman–Crippen MR) is 114 cm³/mol. The van der Waals surface area contributed by atoms with Crippen LogP contribution in [0.4, 0.5) is 0 Å². The molecule has 0 aromatic rings. The van der Waals surface area contributed by atoms with Crippen LogP contribution in [0, 0.1) is 5.92 Å². The molecule has 1 saturated heterocycles. The van der Waals surface area contributed by atoms with Crippen molar-refractivity contribution < 1.29 is 4.74 Å². The third-order valence-corrected chi connectivity index (χ3v) is 4.37. The molecule has 7 heteroatoms. The second kappa shape index (κ2) is 14.1. The SMILES string of the molecule is CCNC(=NCC(C(C)C)N1CCN(C)CC1)NCCCOC.I. The first-order valence-corrected chi connectivity index (χ1v) is 9.02. The summed E-state index contributed by atoms with van der Waals surface area (Å²) in [7, 11) is 3.94. The fourth-order valence-electron chi connectivity index (χ4n) is 2.85. The summed E-state index contributed by atoms with van der Waals surface area (Å²) in [5.41, 5.74) is 0. The molecule has 1 unspecified atom stereocenters. The number of nitrogens with zero attached hydrogens (tertiary/aromatic N) is 3. The summed E-state index contributed by atoms with van der Waals surface area (Å²) in [6.45, 7) is 14.7. The average Bonchev–Trinajstić information content (AvgIpc) is 2.53. The minimum atomic E-state index is 0. The molecule has 1 aliphatic rings. The Labute approximate surface area is 165 Å². The van der Waals surface area contributed by atoms with E-state index in [0.29, 0.717) is 12.0 Å². The van der Waals surface area contributed by atoms with Gasteiger partial charge in [0, 0.05) is 59.0 Å². The van der Waals surface area contributed by atoms with Gasteiger partial charge in [0.15, 0.2) is 5.96 Å². The van der Waals surface area contributed by atoms with Gasteiger partial charge in [-0.1, -0.05) is 13.8 Å². The van der Waals surface area contributed by atoms with Crippen molar-refractivity contribution in [2.24, 2.45) is 10.9 Å². The first-order chi connectivity index (χ1) is 11.1. The van der Waals surface area contributed by atoms with E-state index in [1.54, 1.807) is 7.11 Å². The molecule has 1 fully saturated rings. The van der Waals surface area contributed by atoms with Crippen LogP contribution in [0.3, 0.4) is 0 Å². The fraction of sp³-hybridized carbons (Fsp3) is 0.941. The highest BCUT2D eigenvalue weighted by Crippen LogP contribution is 2.13. The summed E-state index contributed by atoms with van der Waals surface area (Å²) in [4.78, 5) is 9.83. The van der Waals surface area contributed by atoms with Crippen LogP contribution in [-0.2, 0) is 4.74 Å². The largest absolute Gasteiger partial charge is 0.385 e. The molecular formula is C17H38IN5O. The third-order valence-electron chi connectivity index (χ3n) is 4.37. The molecule has 1 heterocycles. The van der Waals surface area contributed by atoms with Gasteiger partial charge in [-0.2, -0.15) is 0 Å². The van der Waals surface area contributed by atoms with E-state index >= 15 is 0 Å². The Morgan fingerprint density at radius 3 is 2.38 bits per heavy atom. The lowest BCUT2D eigenvalue weighted by atomic mass is 10.0. The van der Waals surface area contributed by atoms with E-state index in [1.165, 1.54) is 0 Å². The quantitative estimate of drug-likeness (QED) is 0.239. The molecule has 0 aromatic carbocycles.